The van der Waals surface area contributed by atoms with Gasteiger partial charge in [0, 0.05) is 0 Å². The summed E-state index contributed by atoms with van der Waals surface area (Å²) in [7, 11) is 0. The summed E-state index contributed by atoms with van der Waals surface area (Å²) in [5, 5.41) is 8.32. The van der Waals surface area contributed by atoms with Gasteiger partial charge in [-0.2, -0.15) is 5.10 Å². The number of rotatable bonds is 7. The van der Waals surface area contributed by atoms with Crippen molar-refractivity contribution in [1.82, 2.24) is 15.1 Å². The van der Waals surface area contributed by atoms with Crippen LogP contribution in [-0.4, -0.2) is 40.7 Å². The minimum Gasteiger partial charge on any atom is -0.452 e. The molecule has 3 rings (SSSR count). The van der Waals surface area contributed by atoms with Crippen LogP contribution in [0, 0.1) is 24.4 Å². The second-order valence-corrected chi connectivity index (χ2v) is 6.98. The lowest BCUT2D eigenvalue weighted by atomic mass is 10.2. The molecule has 0 radical (unpaired) electrons. The van der Waals surface area contributed by atoms with Crippen LogP contribution in [0.2, 0.25) is 5.15 Å². The number of amides is 2. The molecule has 8 nitrogen and oxygen atoms in total. The number of carbonyl (C=O) groups is 3. The molecule has 2 aromatic carbocycles. The highest BCUT2D eigenvalue weighted by molar-refractivity contribution is 6.33. The van der Waals surface area contributed by atoms with Crippen LogP contribution in [0.1, 0.15) is 16.1 Å². The molecule has 1 aromatic heterocycles. The van der Waals surface area contributed by atoms with E-state index in [1.54, 1.807) is 37.3 Å². The van der Waals surface area contributed by atoms with Gasteiger partial charge in [-0.1, -0.05) is 29.8 Å². The molecule has 0 fully saturated rings. The molecule has 0 atom stereocenters. The van der Waals surface area contributed by atoms with Gasteiger partial charge < -0.3 is 15.4 Å². The van der Waals surface area contributed by atoms with Crippen LogP contribution in [0.4, 0.5) is 18.9 Å². The summed E-state index contributed by atoms with van der Waals surface area (Å²) in [5.74, 6) is -7.38. The van der Waals surface area contributed by atoms with Crippen LogP contribution in [0.15, 0.2) is 42.5 Å². The van der Waals surface area contributed by atoms with Crippen molar-refractivity contribution in [3.05, 3.63) is 76.3 Å². The quantitative estimate of drug-likeness (QED) is 0.399. The molecule has 0 bridgehead atoms. The van der Waals surface area contributed by atoms with E-state index in [1.165, 1.54) is 4.68 Å². The zero-order valence-corrected chi connectivity index (χ0v) is 17.8. The molecule has 12 heteroatoms. The first-order valence-corrected chi connectivity index (χ1v) is 9.74. The number of esters is 1. The van der Waals surface area contributed by atoms with Gasteiger partial charge in [0.15, 0.2) is 24.1 Å². The molecule has 3 aromatic rings. The Bertz CT molecular complexity index is 1220. The number of carbonyl (C=O) groups excluding carboxylic acids is 3. The Balaban J connectivity index is 1.53. The van der Waals surface area contributed by atoms with Crippen molar-refractivity contribution in [1.29, 1.82) is 0 Å². The van der Waals surface area contributed by atoms with Gasteiger partial charge in [0.1, 0.15) is 10.7 Å². The van der Waals surface area contributed by atoms with E-state index in [0.29, 0.717) is 11.8 Å². The van der Waals surface area contributed by atoms with Crippen molar-refractivity contribution in [2.75, 3.05) is 18.5 Å². The van der Waals surface area contributed by atoms with E-state index >= 15 is 0 Å². The van der Waals surface area contributed by atoms with Gasteiger partial charge in [0.05, 0.1) is 23.6 Å². The van der Waals surface area contributed by atoms with E-state index in [4.69, 9.17) is 16.3 Å². The lowest BCUT2D eigenvalue weighted by Gasteiger charge is -2.09. The maximum atomic E-state index is 13.6. The number of halogens is 4. The van der Waals surface area contributed by atoms with Crippen molar-refractivity contribution >= 4 is 35.1 Å². The van der Waals surface area contributed by atoms with Gasteiger partial charge in [-0.05, 0) is 31.2 Å². The van der Waals surface area contributed by atoms with Gasteiger partial charge in [-0.15, -0.1) is 0 Å². The average molecular weight is 481 g/mol. The smallest absolute Gasteiger partial charge is 0.343 e. The molecule has 0 aliphatic rings. The molecule has 0 unspecified atom stereocenters. The number of para-hydroxylation sites is 1. The van der Waals surface area contributed by atoms with E-state index in [-0.39, 0.29) is 16.4 Å². The number of hydrogen-bond donors (Lipinski definition) is 2. The predicted molar refractivity (Wildman–Crippen MR) is 112 cm³/mol. The van der Waals surface area contributed by atoms with E-state index in [0.717, 1.165) is 6.07 Å². The molecule has 0 saturated carbocycles. The number of aryl methyl sites for hydroxylation is 1. The number of ether oxygens (including phenoxy) is 1. The monoisotopic (exact) mass is 480 g/mol. The Morgan fingerprint density at radius 2 is 1.73 bits per heavy atom. The Hall–Kier alpha value is -3.86. The maximum Gasteiger partial charge on any atom is 0.343 e. The molecule has 2 amide bonds. The van der Waals surface area contributed by atoms with Crippen LogP contribution in [0.3, 0.4) is 0 Å². The summed E-state index contributed by atoms with van der Waals surface area (Å²) >= 11 is 6.25. The molecule has 0 saturated heterocycles. The van der Waals surface area contributed by atoms with E-state index < -0.39 is 54.1 Å². The number of nitrogens with zero attached hydrogens (tertiary/aromatic N) is 2. The van der Waals surface area contributed by atoms with Crippen molar-refractivity contribution < 1.29 is 32.3 Å². The summed E-state index contributed by atoms with van der Waals surface area (Å²) in [6, 6.07) is 10.3. The number of anilines is 1. The summed E-state index contributed by atoms with van der Waals surface area (Å²) in [6.07, 6.45) is 0. The fourth-order valence-corrected chi connectivity index (χ4v) is 3.07. The summed E-state index contributed by atoms with van der Waals surface area (Å²) in [5.41, 5.74) is 0.271. The molecule has 0 spiro atoms. The Morgan fingerprint density at radius 3 is 2.42 bits per heavy atom. The van der Waals surface area contributed by atoms with Crippen LogP contribution in [0.5, 0.6) is 0 Å². The van der Waals surface area contributed by atoms with Crippen molar-refractivity contribution in [3.63, 3.8) is 0 Å². The summed E-state index contributed by atoms with van der Waals surface area (Å²) in [6.45, 7) is 0.169. The fraction of sp³-hybridized carbons (Fsp3) is 0.143. The third-order valence-electron chi connectivity index (χ3n) is 4.30. The van der Waals surface area contributed by atoms with Crippen molar-refractivity contribution in [2.45, 2.75) is 6.92 Å². The highest BCUT2D eigenvalue weighted by Gasteiger charge is 2.23. The lowest BCUT2D eigenvalue weighted by molar-refractivity contribution is -0.126. The summed E-state index contributed by atoms with van der Waals surface area (Å²) < 4.78 is 46.0. The average Bonchev–Trinajstić information content (AvgIpc) is 3.11. The molecule has 172 valence electrons. The minimum absolute atomic E-state index is 0.00274. The van der Waals surface area contributed by atoms with Gasteiger partial charge in [0.25, 0.3) is 5.91 Å². The second-order valence-electron chi connectivity index (χ2n) is 6.62. The third kappa shape index (κ3) is 5.50. The Morgan fingerprint density at radius 1 is 1.03 bits per heavy atom. The molecule has 1 heterocycles. The third-order valence-corrected chi connectivity index (χ3v) is 4.65. The Kier molecular flexibility index (Phi) is 7.34. The van der Waals surface area contributed by atoms with Crippen LogP contribution >= 0.6 is 11.6 Å². The second kappa shape index (κ2) is 10.2. The van der Waals surface area contributed by atoms with E-state index in [1.807, 2.05) is 5.32 Å². The molecule has 2 N–H and O–H groups in total. The van der Waals surface area contributed by atoms with Gasteiger partial charge >= 0.3 is 5.97 Å². The first-order valence-electron chi connectivity index (χ1n) is 9.36. The van der Waals surface area contributed by atoms with Gasteiger partial charge in [-0.25, -0.2) is 22.6 Å². The summed E-state index contributed by atoms with van der Waals surface area (Å²) in [4.78, 5) is 36.1. The minimum atomic E-state index is -1.74. The number of benzene rings is 2. The first-order chi connectivity index (χ1) is 15.7. The SMILES string of the molecule is Cc1nn(-c2ccccc2)c(Cl)c1C(=O)OCC(=O)NCC(=O)Nc1ccc(F)c(F)c1F. The maximum absolute atomic E-state index is 13.6. The van der Waals surface area contributed by atoms with Gasteiger partial charge in [-0.3, -0.25) is 9.59 Å². The van der Waals surface area contributed by atoms with E-state index in [2.05, 4.69) is 10.4 Å². The highest BCUT2D eigenvalue weighted by Crippen LogP contribution is 2.24. The number of hydrogen-bond acceptors (Lipinski definition) is 5. The zero-order valence-electron chi connectivity index (χ0n) is 17.0. The van der Waals surface area contributed by atoms with Crippen LogP contribution < -0.4 is 10.6 Å². The van der Waals surface area contributed by atoms with Crippen molar-refractivity contribution in [2.24, 2.45) is 0 Å². The molecule has 33 heavy (non-hydrogen) atoms. The molecular formula is C21H16ClF3N4O4. The molecule has 0 aliphatic carbocycles. The number of nitrogens with one attached hydrogen (secondary N) is 2. The lowest BCUT2D eigenvalue weighted by Crippen LogP contribution is -2.35. The van der Waals surface area contributed by atoms with Crippen molar-refractivity contribution in [3.8, 4) is 5.69 Å². The van der Waals surface area contributed by atoms with Crippen LogP contribution in [0.25, 0.3) is 5.69 Å². The van der Waals surface area contributed by atoms with Crippen LogP contribution in [-0.2, 0) is 14.3 Å². The predicted octanol–water partition coefficient (Wildman–Crippen LogP) is 3.16. The zero-order chi connectivity index (χ0) is 24.1. The van der Waals surface area contributed by atoms with E-state index in [9.17, 15) is 27.6 Å². The topological polar surface area (TPSA) is 102 Å². The molecule has 0 aliphatic heterocycles. The first kappa shape index (κ1) is 23.8. The number of aromatic nitrogens is 2. The largest absolute Gasteiger partial charge is 0.452 e. The normalized spacial score (nSPS) is 10.6. The highest BCUT2D eigenvalue weighted by atomic mass is 35.5. The standard InChI is InChI=1S/C21H16ClF3N4O4/c1-11-17(20(22)29(28-11)12-5-3-2-4-6-12)21(32)33-10-16(31)26-9-15(30)27-14-8-7-13(23)18(24)19(14)25/h2-8H,9-10H2,1H3,(H,26,31)(H,27,30). The van der Waals surface area contributed by atoms with Gasteiger partial charge in [0.2, 0.25) is 5.91 Å². The molecular weight excluding hydrogens is 465 g/mol. The fourth-order valence-electron chi connectivity index (χ4n) is 2.72. The Labute approximate surface area is 190 Å².